The fourth-order valence-corrected chi connectivity index (χ4v) is 4.46. The molecule has 32 heavy (non-hydrogen) atoms. The molecule has 3 aromatic rings. The van der Waals surface area contributed by atoms with Crippen LogP contribution in [0.25, 0.3) is 0 Å². The molecule has 7 nitrogen and oxygen atoms in total. The first-order valence-corrected chi connectivity index (χ1v) is 11.9. The van der Waals surface area contributed by atoms with E-state index < -0.39 is 22.0 Å². The second-order valence-corrected chi connectivity index (χ2v) is 9.13. The minimum absolute atomic E-state index is 0.287. The molecule has 0 bridgehead atoms. The van der Waals surface area contributed by atoms with Crippen molar-refractivity contribution in [2.24, 2.45) is 0 Å². The SMILES string of the molecule is C[C@H](C(=O)Nc1ccccc1C(=O)NCc1ccccc1)N(c1ccccc1)S(C)(=O)=O. The summed E-state index contributed by atoms with van der Waals surface area (Å²) in [6.07, 6.45) is 1.05. The zero-order valence-electron chi connectivity index (χ0n) is 17.9. The summed E-state index contributed by atoms with van der Waals surface area (Å²) in [5.41, 5.74) is 1.92. The Labute approximate surface area is 188 Å². The largest absolute Gasteiger partial charge is 0.348 e. The number of para-hydroxylation sites is 2. The molecule has 3 aromatic carbocycles. The van der Waals surface area contributed by atoms with Crippen LogP contribution in [0.4, 0.5) is 11.4 Å². The Balaban J connectivity index is 1.78. The summed E-state index contributed by atoms with van der Waals surface area (Å²) in [6.45, 7) is 1.84. The molecule has 0 aliphatic heterocycles. The van der Waals surface area contributed by atoms with Crippen molar-refractivity contribution in [1.29, 1.82) is 0 Å². The van der Waals surface area contributed by atoms with Crippen molar-refractivity contribution in [2.75, 3.05) is 15.9 Å². The van der Waals surface area contributed by atoms with Gasteiger partial charge in [0, 0.05) is 6.54 Å². The molecule has 2 amide bonds. The van der Waals surface area contributed by atoms with Crippen molar-refractivity contribution in [2.45, 2.75) is 19.5 Å². The minimum Gasteiger partial charge on any atom is -0.348 e. The first-order chi connectivity index (χ1) is 15.3. The zero-order valence-corrected chi connectivity index (χ0v) is 18.7. The lowest BCUT2D eigenvalue weighted by atomic mass is 10.1. The molecule has 3 rings (SSSR count). The van der Waals surface area contributed by atoms with Crippen LogP contribution in [0.1, 0.15) is 22.8 Å². The molecule has 2 N–H and O–H groups in total. The van der Waals surface area contributed by atoms with E-state index in [-0.39, 0.29) is 11.5 Å². The summed E-state index contributed by atoms with van der Waals surface area (Å²) >= 11 is 0. The van der Waals surface area contributed by atoms with Gasteiger partial charge in [0.2, 0.25) is 15.9 Å². The van der Waals surface area contributed by atoms with E-state index in [1.807, 2.05) is 30.3 Å². The fraction of sp³-hybridized carbons (Fsp3) is 0.167. The average molecular weight is 452 g/mol. The van der Waals surface area contributed by atoms with Gasteiger partial charge in [-0.05, 0) is 36.8 Å². The minimum atomic E-state index is -3.73. The van der Waals surface area contributed by atoms with Gasteiger partial charge in [0.1, 0.15) is 6.04 Å². The highest BCUT2D eigenvalue weighted by Gasteiger charge is 2.29. The molecule has 0 spiro atoms. The number of anilines is 2. The van der Waals surface area contributed by atoms with Crippen LogP contribution in [0.2, 0.25) is 0 Å². The fourth-order valence-electron chi connectivity index (χ4n) is 3.28. The molecule has 0 aliphatic carbocycles. The van der Waals surface area contributed by atoms with Crippen molar-refractivity contribution in [1.82, 2.24) is 5.32 Å². The van der Waals surface area contributed by atoms with Crippen molar-refractivity contribution >= 4 is 33.2 Å². The quantitative estimate of drug-likeness (QED) is 0.549. The van der Waals surface area contributed by atoms with E-state index in [1.54, 1.807) is 54.6 Å². The van der Waals surface area contributed by atoms with Crippen LogP contribution in [-0.4, -0.2) is 32.5 Å². The highest BCUT2D eigenvalue weighted by molar-refractivity contribution is 7.92. The Kier molecular flexibility index (Phi) is 7.27. The summed E-state index contributed by atoms with van der Waals surface area (Å²) in [7, 11) is -3.73. The standard InChI is InChI=1S/C24H25N3O4S/c1-18(27(32(2,30)31)20-13-7-4-8-14-20)23(28)26-22-16-10-9-15-21(22)24(29)25-17-19-11-5-3-6-12-19/h3-16,18H,17H2,1-2H3,(H,25,29)(H,26,28)/t18-/m1/s1. The summed E-state index contributed by atoms with van der Waals surface area (Å²) in [5.74, 6) is -0.900. The molecule has 0 saturated heterocycles. The van der Waals surface area contributed by atoms with Gasteiger partial charge in [-0.2, -0.15) is 0 Å². The molecule has 0 unspecified atom stereocenters. The van der Waals surface area contributed by atoms with Crippen LogP contribution in [0, 0.1) is 0 Å². The van der Waals surface area contributed by atoms with Crippen LogP contribution in [-0.2, 0) is 21.4 Å². The number of rotatable bonds is 8. The van der Waals surface area contributed by atoms with E-state index in [9.17, 15) is 18.0 Å². The molecule has 0 saturated carbocycles. The van der Waals surface area contributed by atoms with Crippen LogP contribution in [0.3, 0.4) is 0 Å². The first kappa shape index (κ1) is 23.0. The molecule has 1 atom stereocenters. The average Bonchev–Trinajstić information content (AvgIpc) is 2.78. The topological polar surface area (TPSA) is 95.6 Å². The summed E-state index contributed by atoms with van der Waals surface area (Å²) in [4.78, 5) is 25.7. The second kappa shape index (κ2) is 10.1. The van der Waals surface area contributed by atoms with Gasteiger partial charge in [-0.15, -0.1) is 0 Å². The lowest BCUT2D eigenvalue weighted by Crippen LogP contribution is -2.45. The molecule has 0 heterocycles. The predicted octanol–water partition coefficient (Wildman–Crippen LogP) is 3.41. The van der Waals surface area contributed by atoms with E-state index in [0.717, 1.165) is 16.1 Å². The number of nitrogens with zero attached hydrogens (tertiary/aromatic N) is 1. The van der Waals surface area contributed by atoms with Gasteiger partial charge in [-0.25, -0.2) is 8.42 Å². The zero-order chi connectivity index (χ0) is 23.1. The number of sulfonamides is 1. The highest BCUT2D eigenvalue weighted by atomic mass is 32.2. The van der Waals surface area contributed by atoms with E-state index in [4.69, 9.17) is 0 Å². The Morgan fingerprint density at radius 2 is 1.44 bits per heavy atom. The molecular weight excluding hydrogens is 426 g/mol. The number of hydrogen-bond donors (Lipinski definition) is 2. The number of carbonyl (C=O) groups excluding carboxylic acids is 2. The number of hydrogen-bond acceptors (Lipinski definition) is 4. The summed E-state index contributed by atoms with van der Waals surface area (Å²) in [5, 5.41) is 5.54. The number of benzene rings is 3. The molecular formula is C24H25N3O4S. The van der Waals surface area contributed by atoms with Crippen molar-refractivity contribution in [3.8, 4) is 0 Å². The maximum Gasteiger partial charge on any atom is 0.253 e. The number of carbonyl (C=O) groups is 2. The number of nitrogens with one attached hydrogen (secondary N) is 2. The van der Waals surface area contributed by atoms with Crippen molar-refractivity contribution < 1.29 is 18.0 Å². The summed E-state index contributed by atoms with van der Waals surface area (Å²) in [6, 6.07) is 23.4. The Morgan fingerprint density at radius 1 is 0.875 bits per heavy atom. The Bertz CT molecular complexity index is 1180. The van der Waals surface area contributed by atoms with Crippen LogP contribution < -0.4 is 14.9 Å². The van der Waals surface area contributed by atoms with E-state index in [1.165, 1.54) is 6.92 Å². The maximum absolute atomic E-state index is 13.0. The summed E-state index contributed by atoms with van der Waals surface area (Å²) < 4.78 is 25.9. The smallest absolute Gasteiger partial charge is 0.253 e. The van der Waals surface area contributed by atoms with Gasteiger partial charge in [0.05, 0.1) is 23.2 Å². The lowest BCUT2D eigenvalue weighted by Gasteiger charge is -2.28. The van der Waals surface area contributed by atoms with E-state index in [0.29, 0.717) is 17.9 Å². The normalized spacial score (nSPS) is 11.9. The van der Waals surface area contributed by atoms with Gasteiger partial charge in [-0.1, -0.05) is 60.7 Å². The molecule has 8 heteroatoms. The molecule has 0 radical (unpaired) electrons. The highest BCUT2D eigenvalue weighted by Crippen LogP contribution is 2.22. The van der Waals surface area contributed by atoms with E-state index in [2.05, 4.69) is 10.6 Å². The van der Waals surface area contributed by atoms with Crippen LogP contribution in [0.5, 0.6) is 0 Å². The second-order valence-electron chi connectivity index (χ2n) is 7.27. The monoisotopic (exact) mass is 451 g/mol. The lowest BCUT2D eigenvalue weighted by molar-refractivity contribution is -0.116. The van der Waals surface area contributed by atoms with Gasteiger partial charge >= 0.3 is 0 Å². The van der Waals surface area contributed by atoms with Gasteiger partial charge in [-0.3, -0.25) is 13.9 Å². The Hall–Kier alpha value is -3.65. The number of amides is 2. The molecule has 0 aliphatic rings. The third-order valence-electron chi connectivity index (χ3n) is 4.82. The molecule has 166 valence electrons. The van der Waals surface area contributed by atoms with Gasteiger partial charge < -0.3 is 10.6 Å². The Morgan fingerprint density at radius 3 is 2.06 bits per heavy atom. The third-order valence-corrected chi connectivity index (χ3v) is 6.07. The third kappa shape index (κ3) is 5.73. The van der Waals surface area contributed by atoms with Gasteiger partial charge in [0.25, 0.3) is 5.91 Å². The van der Waals surface area contributed by atoms with Crippen molar-refractivity contribution in [3.63, 3.8) is 0 Å². The molecule has 0 fully saturated rings. The van der Waals surface area contributed by atoms with Crippen molar-refractivity contribution in [3.05, 3.63) is 96.1 Å². The van der Waals surface area contributed by atoms with E-state index >= 15 is 0 Å². The predicted molar refractivity (Wildman–Crippen MR) is 126 cm³/mol. The maximum atomic E-state index is 13.0. The van der Waals surface area contributed by atoms with Gasteiger partial charge in [0.15, 0.2) is 0 Å². The van der Waals surface area contributed by atoms with Crippen LogP contribution >= 0.6 is 0 Å². The van der Waals surface area contributed by atoms with Crippen LogP contribution in [0.15, 0.2) is 84.9 Å². The first-order valence-electron chi connectivity index (χ1n) is 10.0. The molecule has 0 aromatic heterocycles.